The number of esters is 1. The van der Waals surface area contributed by atoms with Crippen LogP contribution in [0.15, 0.2) is 54.6 Å². The molecule has 3 aromatic rings. The number of amides is 1. The number of aryl methyl sites for hydroxylation is 1. The van der Waals surface area contributed by atoms with Crippen LogP contribution in [0.1, 0.15) is 53.5 Å². The number of carbonyl (C=O) groups is 2. The number of nitrogens with one attached hydrogen (secondary N) is 1. The van der Waals surface area contributed by atoms with E-state index in [4.69, 9.17) is 16.3 Å². The van der Waals surface area contributed by atoms with Crippen molar-refractivity contribution in [3.8, 4) is 0 Å². The average Bonchev–Trinajstić information content (AvgIpc) is 3.06. The van der Waals surface area contributed by atoms with Gasteiger partial charge in [-0.05, 0) is 26.3 Å². The Morgan fingerprint density at radius 3 is 2.44 bits per heavy atom. The molecular formula is C24H25ClN4O5. The van der Waals surface area contributed by atoms with Crippen LogP contribution in [0.3, 0.4) is 0 Å². The van der Waals surface area contributed by atoms with Gasteiger partial charge in [0, 0.05) is 6.07 Å². The van der Waals surface area contributed by atoms with Gasteiger partial charge in [-0.1, -0.05) is 60.1 Å². The Hall–Kier alpha value is -3.72. The van der Waals surface area contributed by atoms with Crippen LogP contribution in [0.5, 0.6) is 0 Å². The first-order valence-corrected chi connectivity index (χ1v) is 11.1. The summed E-state index contributed by atoms with van der Waals surface area (Å²) >= 11 is 6.50. The summed E-state index contributed by atoms with van der Waals surface area (Å²) < 4.78 is 6.71. The molecule has 9 nitrogen and oxygen atoms in total. The third kappa shape index (κ3) is 5.99. The summed E-state index contributed by atoms with van der Waals surface area (Å²) in [7, 11) is 0. The van der Waals surface area contributed by atoms with Crippen LogP contribution in [0, 0.1) is 17.0 Å². The van der Waals surface area contributed by atoms with Crippen molar-refractivity contribution in [2.75, 3.05) is 0 Å². The number of ether oxygens (including phenoxy) is 1. The summed E-state index contributed by atoms with van der Waals surface area (Å²) in [6.45, 7) is 5.40. The quantitative estimate of drug-likeness (QED) is 0.269. The second kappa shape index (κ2) is 10.9. The maximum absolute atomic E-state index is 13.2. The molecule has 178 valence electrons. The highest BCUT2D eigenvalue weighted by Gasteiger charge is 2.29. The average molecular weight is 485 g/mol. The third-order valence-electron chi connectivity index (χ3n) is 5.02. The molecule has 0 radical (unpaired) electrons. The number of nitro groups is 1. The van der Waals surface area contributed by atoms with E-state index < -0.39 is 22.8 Å². The molecule has 10 heteroatoms. The lowest BCUT2D eigenvalue weighted by molar-refractivity contribution is -0.385. The second-order valence-corrected chi connectivity index (χ2v) is 8.34. The van der Waals surface area contributed by atoms with Gasteiger partial charge < -0.3 is 10.1 Å². The molecule has 0 saturated carbocycles. The SMILES string of the molecule is Cc1nn(Cc2ccccc2)c(Cl)c1C(=O)NC(CC(=O)OC(C)C)c1ccccc1[N+](=O)[O-]. The van der Waals surface area contributed by atoms with E-state index in [1.807, 2.05) is 30.3 Å². The normalized spacial score (nSPS) is 11.8. The minimum Gasteiger partial charge on any atom is -0.463 e. The summed E-state index contributed by atoms with van der Waals surface area (Å²) in [4.78, 5) is 36.7. The van der Waals surface area contributed by atoms with Gasteiger partial charge in [0.1, 0.15) is 5.15 Å². The van der Waals surface area contributed by atoms with Crippen molar-refractivity contribution >= 4 is 29.2 Å². The van der Waals surface area contributed by atoms with Gasteiger partial charge in [0.2, 0.25) is 0 Å². The van der Waals surface area contributed by atoms with Gasteiger partial charge in [-0.2, -0.15) is 5.10 Å². The fourth-order valence-electron chi connectivity index (χ4n) is 3.57. The van der Waals surface area contributed by atoms with Crippen molar-refractivity contribution in [1.29, 1.82) is 0 Å². The summed E-state index contributed by atoms with van der Waals surface area (Å²) in [5, 5.41) is 18.8. The number of nitrogens with zero attached hydrogens (tertiary/aromatic N) is 3. The molecule has 1 unspecified atom stereocenters. The fourth-order valence-corrected chi connectivity index (χ4v) is 3.89. The molecule has 0 aliphatic carbocycles. The fraction of sp³-hybridized carbons (Fsp3) is 0.292. The number of halogens is 1. The highest BCUT2D eigenvalue weighted by Crippen LogP contribution is 2.29. The molecule has 0 aliphatic rings. The number of benzene rings is 2. The Kier molecular flexibility index (Phi) is 8.01. The van der Waals surface area contributed by atoms with E-state index in [1.54, 1.807) is 26.8 Å². The minimum absolute atomic E-state index is 0.130. The number of rotatable bonds is 9. The lowest BCUT2D eigenvalue weighted by Gasteiger charge is -2.19. The molecule has 1 heterocycles. The van der Waals surface area contributed by atoms with Crippen LogP contribution in [0.2, 0.25) is 5.15 Å². The second-order valence-electron chi connectivity index (χ2n) is 7.98. The van der Waals surface area contributed by atoms with Crippen LogP contribution in [0.4, 0.5) is 5.69 Å². The van der Waals surface area contributed by atoms with E-state index in [0.29, 0.717) is 12.2 Å². The molecule has 0 spiro atoms. The Morgan fingerprint density at radius 1 is 1.15 bits per heavy atom. The van der Waals surface area contributed by atoms with E-state index in [-0.39, 0.29) is 34.5 Å². The third-order valence-corrected chi connectivity index (χ3v) is 5.40. The number of hydrogen-bond acceptors (Lipinski definition) is 6. The number of hydrogen-bond donors (Lipinski definition) is 1. The van der Waals surface area contributed by atoms with Crippen molar-refractivity contribution in [2.45, 2.75) is 45.9 Å². The first-order valence-electron chi connectivity index (χ1n) is 10.7. The maximum Gasteiger partial charge on any atom is 0.308 e. The zero-order valence-electron chi connectivity index (χ0n) is 19.0. The first kappa shape index (κ1) is 24.9. The Bertz CT molecular complexity index is 1190. The van der Waals surface area contributed by atoms with Gasteiger partial charge in [-0.3, -0.25) is 19.7 Å². The van der Waals surface area contributed by atoms with Gasteiger partial charge in [0.05, 0.1) is 46.9 Å². The van der Waals surface area contributed by atoms with Crippen molar-refractivity contribution in [2.24, 2.45) is 0 Å². The summed E-state index contributed by atoms with van der Waals surface area (Å²) in [6.07, 6.45) is -0.661. The monoisotopic (exact) mass is 484 g/mol. The molecule has 1 aromatic heterocycles. The zero-order valence-corrected chi connectivity index (χ0v) is 19.8. The topological polar surface area (TPSA) is 116 Å². The first-order chi connectivity index (χ1) is 16.2. The molecule has 2 aromatic carbocycles. The Balaban J connectivity index is 1.91. The summed E-state index contributed by atoms with van der Waals surface area (Å²) in [5.74, 6) is -1.19. The Morgan fingerprint density at radius 2 is 1.79 bits per heavy atom. The number of nitro benzene ring substituents is 1. The van der Waals surface area contributed by atoms with E-state index in [2.05, 4.69) is 10.4 Å². The molecule has 34 heavy (non-hydrogen) atoms. The van der Waals surface area contributed by atoms with Crippen LogP contribution in [0.25, 0.3) is 0 Å². The van der Waals surface area contributed by atoms with Gasteiger partial charge in [-0.15, -0.1) is 0 Å². The molecule has 0 saturated heterocycles. The molecule has 1 N–H and O–H groups in total. The van der Waals surface area contributed by atoms with Crippen LogP contribution in [-0.4, -0.2) is 32.7 Å². The van der Waals surface area contributed by atoms with Crippen LogP contribution >= 0.6 is 11.6 Å². The van der Waals surface area contributed by atoms with E-state index in [9.17, 15) is 19.7 Å². The van der Waals surface area contributed by atoms with Gasteiger partial charge in [-0.25, -0.2) is 4.68 Å². The standard InChI is InChI=1S/C24H25ClN4O5/c1-15(2)34-21(30)13-19(18-11-7-8-12-20(18)29(32)33)26-24(31)22-16(3)27-28(23(22)25)14-17-9-5-4-6-10-17/h4-12,15,19H,13-14H2,1-3H3,(H,26,31). The minimum atomic E-state index is -1.01. The smallest absolute Gasteiger partial charge is 0.308 e. The molecule has 1 atom stereocenters. The highest BCUT2D eigenvalue weighted by molar-refractivity contribution is 6.33. The van der Waals surface area contributed by atoms with Crippen LogP contribution < -0.4 is 5.32 Å². The summed E-state index contributed by atoms with van der Waals surface area (Å²) in [6, 6.07) is 14.4. The van der Waals surface area contributed by atoms with Crippen molar-refractivity contribution in [3.05, 3.63) is 92.2 Å². The van der Waals surface area contributed by atoms with E-state index in [1.165, 1.54) is 22.9 Å². The van der Waals surface area contributed by atoms with Crippen LogP contribution in [-0.2, 0) is 16.1 Å². The zero-order chi connectivity index (χ0) is 24.8. The predicted octanol–water partition coefficient (Wildman–Crippen LogP) is 4.61. The van der Waals surface area contributed by atoms with Gasteiger partial charge in [0.25, 0.3) is 11.6 Å². The molecule has 3 rings (SSSR count). The summed E-state index contributed by atoms with van der Waals surface area (Å²) in [5.41, 5.74) is 1.45. The molecule has 0 aliphatic heterocycles. The molecule has 1 amide bonds. The number of aromatic nitrogens is 2. The highest BCUT2D eigenvalue weighted by atomic mass is 35.5. The molecular weight excluding hydrogens is 460 g/mol. The van der Waals surface area contributed by atoms with Crippen molar-refractivity contribution in [1.82, 2.24) is 15.1 Å². The number of carbonyl (C=O) groups excluding carboxylic acids is 2. The maximum atomic E-state index is 13.2. The Labute approximate surface area is 201 Å². The van der Waals surface area contributed by atoms with Gasteiger partial charge >= 0.3 is 5.97 Å². The molecule has 0 fully saturated rings. The largest absolute Gasteiger partial charge is 0.463 e. The number of para-hydroxylation sites is 1. The lowest BCUT2D eigenvalue weighted by atomic mass is 10.0. The predicted molar refractivity (Wildman–Crippen MR) is 127 cm³/mol. The van der Waals surface area contributed by atoms with E-state index in [0.717, 1.165) is 5.56 Å². The molecule has 0 bridgehead atoms. The van der Waals surface area contributed by atoms with Crippen molar-refractivity contribution in [3.63, 3.8) is 0 Å². The van der Waals surface area contributed by atoms with Gasteiger partial charge in [0.15, 0.2) is 0 Å². The lowest BCUT2D eigenvalue weighted by Crippen LogP contribution is -2.32. The van der Waals surface area contributed by atoms with E-state index >= 15 is 0 Å². The van der Waals surface area contributed by atoms with Crippen molar-refractivity contribution < 1.29 is 19.2 Å².